The minimum absolute atomic E-state index is 0.287. The van der Waals surface area contributed by atoms with Crippen molar-refractivity contribution < 1.29 is 17.9 Å². The zero-order chi connectivity index (χ0) is 18.0. The summed E-state index contributed by atoms with van der Waals surface area (Å²) in [5.74, 6) is 1.03. The number of carbonyl (C=O) groups is 1. The smallest absolute Gasteiger partial charge is 0.257 e. The highest BCUT2D eigenvalue weighted by molar-refractivity contribution is 7.92. The molecule has 0 N–H and O–H groups in total. The maximum Gasteiger partial charge on any atom is 0.257 e. The van der Waals surface area contributed by atoms with Crippen molar-refractivity contribution in [1.82, 2.24) is 4.31 Å². The molecule has 6 heteroatoms. The second kappa shape index (κ2) is 6.57. The molecule has 5 nitrogen and oxygen atoms in total. The molecule has 0 saturated heterocycles. The van der Waals surface area contributed by atoms with Gasteiger partial charge in [0.1, 0.15) is 17.5 Å². The molecule has 3 rings (SSSR count). The van der Waals surface area contributed by atoms with Gasteiger partial charge in [0.05, 0.1) is 0 Å². The van der Waals surface area contributed by atoms with E-state index in [1.807, 2.05) is 37.3 Å². The Morgan fingerprint density at radius 1 is 1.12 bits per heavy atom. The van der Waals surface area contributed by atoms with Crippen molar-refractivity contribution in [2.24, 2.45) is 0 Å². The zero-order valence-corrected chi connectivity index (χ0v) is 14.4. The van der Waals surface area contributed by atoms with Crippen molar-refractivity contribution in [3.05, 3.63) is 83.9 Å². The van der Waals surface area contributed by atoms with Crippen molar-refractivity contribution in [2.45, 2.75) is 13.0 Å². The van der Waals surface area contributed by atoms with Gasteiger partial charge in [-0.3, -0.25) is 9.10 Å². The third-order valence-electron chi connectivity index (χ3n) is 3.93. The van der Waals surface area contributed by atoms with Gasteiger partial charge in [0.2, 0.25) is 0 Å². The van der Waals surface area contributed by atoms with Gasteiger partial charge in [-0.15, -0.1) is 0 Å². The molecule has 0 fully saturated rings. The number of benzene rings is 2. The molecule has 0 amide bonds. The van der Waals surface area contributed by atoms with Crippen LogP contribution >= 0.6 is 0 Å². The van der Waals surface area contributed by atoms with Gasteiger partial charge in [0, 0.05) is 17.7 Å². The Labute approximate surface area is 146 Å². The minimum Gasteiger partial charge on any atom is -0.457 e. The molecule has 0 bridgehead atoms. The van der Waals surface area contributed by atoms with Gasteiger partial charge in [-0.05, 0) is 42.3 Å². The SMILES string of the molecule is C=CS(=O)(=O)N1C=CC(=O)C1c1ccc(Oc2ccccc2)cc1C. The predicted molar refractivity (Wildman–Crippen MR) is 95.5 cm³/mol. The Bertz CT molecular complexity index is 949. The van der Waals surface area contributed by atoms with Crippen LogP contribution in [0.25, 0.3) is 0 Å². The zero-order valence-electron chi connectivity index (χ0n) is 13.6. The van der Waals surface area contributed by atoms with Crippen LogP contribution in [0.5, 0.6) is 11.5 Å². The summed E-state index contributed by atoms with van der Waals surface area (Å²) in [5.41, 5.74) is 1.38. The van der Waals surface area contributed by atoms with Crippen LogP contribution in [0.3, 0.4) is 0 Å². The predicted octanol–water partition coefficient (Wildman–Crippen LogP) is 3.70. The Morgan fingerprint density at radius 2 is 1.84 bits per heavy atom. The van der Waals surface area contributed by atoms with Gasteiger partial charge in [-0.25, -0.2) is 8.42 Å². The summed E-state index contributed by atoms with van der Waals surface area (Å²) in [5, 5.41) is 0.838. The Balaban J connectivity index is 1.92. The van der Waals surface area contributed by atoms with Crippen molar-refractivity contribution >= 4 is 15.8 Å². The minimum atomic E-state index is -3.75. The molecule has 2 aromatic carbocycles. The van der Waals surface area contributed by atoms with Crippen molar-refractivity contribution in [3.8, 4) is 11.5 Å². The van der Waals surface area contributed by atoms with E-state index in [9.17, 15) is 13.2 Å². The Kier molecular flexibility index (Phi) is 4.46. The van der Waals surface area contributed by atoms with Crippen LogP contribution < -0.4 is 4.74 Å². The number of rotatable bonds is 5. The molecule has 1 aliphatic heterocycles. The van der Waals surface area contributed by atoms with Crippen LogP contribution in [-0.4, -0.2) is 18.5 Å². The third kappa shape index (κ3) is 3.34. The van der Waals surface area contributed by atoms with E-state index in [0.717, 1.165) is 15.3 Å². The van der Waals surface area contributed by atoms with E-state index in [4.69, 9.17) is 4.74 Å². The highest BCUT2D eigenvalue weighted by Crippen LogP contribution is 2.34. The lowest BCUT2D eigenvalue weighted by Crippen LogP contribution is -2.29. The number of ether oxygens (including phenoxy) is 1. The molecule has 1 unspecified atom stereocenters. The van der Waals surface area contributed by atoms with Gasteiger partial charge < -0.3 is 4.74 Å². The highest BCUT2D eigenvalue weighted by Gasteiger charge is 2.36. The van der Waals surface area contributed by atoms with Gasteiger partial charge in [-0.1, -0.05) is 30.8 Å². The summed E-state index contributed by atoms with van der Waals surface area (Å²) < 4.78 is 31.1. The molecule has 1 aliphatic rings. The lowest BCUT2D eigenvalue weighted by molar-refractivity contribution is -0.116. The first-order valence-corrected chi connectivity index (χ1v) is 9.14. The summed E-state index contributed by atoms with van der Waals surface area (Å²) in [6, 6.07) is 13.6. The fourth-order valence-electron chi connectivity index (χ4n) is 2.70. The summed E-state index contributed by atoms with van der Waals surface area (Å²) >= 11 is 0. The van der Waals surface area contributed by atoms with Gasteiger partial charge in [-0.2, -0.15) is 0 Å². The van der Waals surface area contributed by atoms with Gasteiger partial charge in [0.25, 0.3) is 10.0 Å². The Morgan fingerprint density at radius 3 is 2.48 bits per heavy atom. The number of para-hydroxylation sites is 1. The van der Waals surface area contributed by atoms with Crippen LogP contribution in [0, 0.1) is 6.92 Å². The summed E-state index contributed by atoms with van der Waals surface area (Å²) in [7, 11) is -3.75. The first-order chi connectivity index (χ1) is 11.9. The molecule has 1 atom stereocenters. The molecular weight excluding hydrogens is 338 g/mol. The molecule has 0 aromatic heterocycles. The number of sulfonamides is 1. The molecule has 128 valence electrons. The fourth-order valence-corrected chi connectivity index (χ4v) is 3.61. The van der Waals surface area contributed by atoms with E-state index in [1.54, 1.807) is 18.2 Å². The number of ketones is 1. The van der Waals surface area contributed by atoms with Gasteiger partial charge in [0.15, 0.2) is 5.78 Å². The largest absolute Gasteiger partial charge is 0.457 e. The lowest BCUT2D eigenvalue weighted by Gasteiger charge is -2.24. The number of nitrogens with zero attached hydrogens (tertiary/aromatic N) is 1. The van der Waals surface area contributed by atoms with Crippen LogP contribution in [0.2, 0.25) is 0 Å². The molecular formula is C19H17NO4S. The van der Waals surface area contributed by atoms with E-state index < -0.39 is 16.1 Å². The fraction of sp³-hybridized carbons (Fsp3) is 0.105. The average Bonchev–Trinajstić information content (AvgIpc) is 2.98. The molecule has 25 heavy (non-hydrogen) atoms. The van der Waals surface area contributed by atoms with Crippen LogP contribution in [-0.2, 0) is 14.8 Å². The molecule has 2 aromatic rings. The molecule has 0 radical (unpaired) electrons. The number of carbonyl (C=O) groups excluding carboxylic acids is 1. The third-order valence-corrected chi connectivity index (χ3v) is 5.27. The monoisotopic (exact) mass is 355 g/mol. The van der Waals surface area contributed by atoms with Crippen molar-refractivity contribution in [3.63, 3.8) is 0 Å². The van der Waals surface area contributed by atoms with Crippen molar-refractivity contribution in [2.75, 3.05) is 0 Å². The summed E-state index contributed by atoms with van der Waals surface area (Å²) in [4.78, 5) is 12.2. The molecule has 0 aliphatic carbocycles. The normalized spacial score (nSPS) is 16.9. The number of hydrogen-bond donors (Lipinski definition) is 0. The van der Waals surface area contributed by atoms with Gasteiger partial charge >= 0.3 is 0 Å². The highest BCUT2D eigenvalue weighted by atomic mass is 32.2. The number of hydrogen-bond acceptors (Lipinski definition) is 4. The topological polar surface area (TPSA) is 63.7 Å². The first-order valence-electron chi connectivity index (χ1n) is 7.64. The maximum absolute atomic E-state index is 12.2. The van der Waals surface area contributed by atoms with Crippen LogP contribution in [0.4, 0.5) is 0 Å². The van der Waals surface area contributed by atoms with E-state index in [-0.39, 0.29) is 5.78 Å². The lowest BCUT2D eigenvalue weighted by atomic mass is 9.99. The van der Waals surface area contributed by atoms with E-state index in [2.05, 4.69) is 6.58 Å². The van der Waals surface area contributed by atoms with Crippen LogP contribution in [0.15, 0.2) is 72.8 Å². The van der Waals surface area contributed by atoms with E-state index in [1.165, 1.54) is 12.3 Å². The number of aryl methyl sites for hydroxylation is 1. The second-order valence-corrected chi connectivity index (χ2v) is 7.38. The first kappa shape index (κ1) is 17.0. The molecule has 0 saturated carbocycles. The van der Waals surface area contributed by atoms with E-state index in [0.29, 0.717) is 17.1 Å². The summed E-state index contributed by atoms with van der Waals surface area (Å²) in [6.07, 6.45) is 2.54. The second-order valence-electron chi connectivity index (χ2n) is 5.60. The average molecular weight is 355 g/mol. The Hall–Kier alpha value is -2.86. The van der Waals surface area contributed by atoms with Crippen LogP contribution in [0.1, 0.15) is 17.2 Å². The molecule has 1 heterocycles. The quantitative estimate of drug-likeness (QED) is 0.820. The van der Waals surface area contributed by atoms with Crippen molar-refractivity contribution in [1.29, 1.82) is 0 Å². The standard InChI is InChI=1S/C19H17NO4S/c1-3-25(22,23)20-12-11-18(21)19(20)17-10-9-16(13-14(17)2)24-15-7-5-4-6-8-15/h3-13,19H,1H2,2H3. The molecule has 0 spiro atoms. The van der Waals surface area contributed by atoms with E-state index >= 15 is 0 Å². The summed E-state index contributed by atoms with van der Waals surface area (Å²) in [6.45, 7) is 5.14. The maximum atomic E-state index is 12.2.